The zero-order chi connectivity index (χ0) is 14.2. The zero-order valence-electron chi connectivity index (χ0n) is 10.5. The van der Waals surface area contributed by atoms with E-state index in [0.29, 0.717) is 11.0 Å². The smallest absolute Gasteiger partial charge is 0.287 e. The van der Waals surface area contributed by atoms with E-state index in [1.807, 2.05) is 13.8 Å². The average molecular weight is 307 g/mol. The second-order valence-electron chi connectivity index (χ2n) is 4.87. The van der Waals surface area contributed by atoms with Crippen molar-refractivity contribution in [3.8, 4) is 0 Å². The molecule has 1 amide bonds. The fraction of sp³-hybridized carbons (Fsp3) is 0.700. The Balaban J connectivity index is 2.11. The van der Waals surface area contributed by atoms with Crippen molar-refractivity contribution in [3.05, 3.63) is 5.82 Å². The molecule has 0 radical (unpaired) electrons. The third-order valence-electron chi connectivity index (χ3n) is 2.82. The number of carbonyl (C=O) groups excluding carboxylic acids is 1. The topological polar surface area (TPSA) is 80.2 Å². The molecule has 1 aliphatic rings. The van der Waals surface area contributed by atoms with E-state index < -0.39 is 21.9 Å². The summed E-state index contributed by atoms with van der Waals surface area (Å²) >= 11 is 1.10. The Labute approximate surface area is 115 Å². The molecule has 6 nitrogen and oxygen atoms in total. The first-order chi connectivity index (χ1) is 8.76. The largest absolute Gasteiger partial charge is 0.302 e. The lowest BCUT2D eigenvalue weighted by atomic mass is 10.1. The molecule has 106 valence electrons. The lowest BCUT2D eigenvalue weighted by molar-refractivity contribution is -0.117. The Kier molecular flexibility index (Phi) is 3.86. The Morgan fingerprint density at radius 1 is 1.53 bits per heavy atom. The van der Waals surface area contributed by atoms with Gasteiger partial charge in [-0.3, -0.25) is 9.69 Å². The van der Waals surface area contributed by atoms with Crippen molar-refractivity contribution in [2.75, 3.05) is 17.2 Å². The van der Waals surface area contributed by atoms with Gasteiger partial charge in [0.15, 0.2) is 0 Å². The fourth-order valence-electron chi connectivity index (χ4n) is 1.93. The van der Waals surface area contributed by atoms with Gasteiger partial charge in [0.1, 0.15) is 5.82 Å². The summed E-state index contributed by atoms with van der Waals surface area (Å²) in [7, 11) is -4.56. The number of amides is 1. The molecule has 1 aromatic heterocycles. The van der Waals surface area contributed by atoms with E-state index in [2.05, 4.69) is 9.36 Å². The average Bonchev–Trinajstić information content (AvgIpc) is 2.82. The monoisotopic (exact) mass is 307 g/mol. The van der Waals surface area contributed by atoms with E-state index in [0.717, 1.165) is 11.5 Å². The molecule has 0 N–H and O–H groups in total. The van der Waals surface area contributed by atoms with Crippen molar-refractivity contribution < 1.29 is 17.1 Å². The minimum absolute atomic E-state index is 0.0275. The van der Waals surface area contributed by atoms with Crippen LogP contribution in [0.2, 0.25) is 0 Å². The summed E-state index contributed by atoms with van der Waals surface area (Å²) in [6.07, 6.45) is 0.0275. The van der Waals surface area contributed by atoms with Crippen LogP contribution < -0.4 is 4.90 Å². The second-order valence-corrected chi connectivity index (χ2v) is 7.01. The molecule has 1 unspecified atom stereocenters. The highest BCUT2D eigenvalue weighted by atomic mass is 32.3. The highest BCUT2D eigenvalue weighted by Crippen LogP contribution is 2.28. The standard InChI is InChI=1S/C10H14FN3O3S2/c1-6(2)9-12-10(18-13-9)14-4-7(3-8(14)15)5-19(11,16)17/h6-7H,3-5H2,1-2H3. The lowest BCUT2D eigenvalue weighted by Crippen LogP contribution is -2.25. The van der Waals surface area contributed by atoms with Gasteiger partial charge < -0.3 is 0 Å². The molecule has 9 heteroatoms. The Bertz CT molecular complexity index is 585. The molecule has 2 heterocycles. The molecule has 0 saturated carbocycles. The Morgan fingerprint density at radius 3 is 2.74 bits per heavy atom. The lowest BCUT2D eigenvalue weighted by Gasteiger charge is -2.11. The molecular formula is C10H14FN3O3S2. The van der Waals surface area contributed by atoms with Gasteiger partial charge in [-0.25, -0.2) is 4.98 Å². The first-order valence-corrected chi connectivity index (χ1v) is 8.15. The SMILES string of the molecule is CC(C)c1nsc(N2CC(CS(=O)(=O)F)CC2=O)n1. The van der Waals surface area contributed by atoms with Gasteiger partial charge in [0.25, 0.3) is 0 Å². The summed E-state index contributed by atoms with van der Waals surface area (Å²) in [4.78, 5) is 17.4. The van der Waals surface area contributed by atoms with Crippen LogP contribution in [0.3, 0.4) is 0 Å². The van der Waals surface area contributed by atoms with Crippen LogP contribution in [0.4, 0.5) is 9.02 Å². The van der Waals surface area contributed by atoms with Crippen molar-refractivity contribution in [1.82, 2.24) is 9.36 Å². The highest BCUT2D eigenvalue weighted by molar-refractivity contribution is 7.86. The Morgan fingerprint density at radius 2 is 2.21 bits per heavy atom. The molecule has 2 rings (SSSR count). The number of nitrogens with zero attached hydrogens (tertiary/aromatic N) is 3. The van der Waals surface area contributed by atoms with Crippen LogP contribution in [0, 0.1) is 5.92 Å². The molecule has 19 heavy (non-hydrogen) atoms. The maximum atomic E-state index is 12.6. The first-order valence-electron chi connectivity index (χ1n) is 5.82. The Hall–Kier alpha value is -1.09. The number of hydrogen-bond donors (Lipinski definition) is 0. The number of carbonyl (C=O) groups is 1. The molecule has 1 aliphatic heterocycles. The van der Waals surface area contributed by atoms with Crippen molar-refractivity contribution in [1.29, 1.82) is 0 Å². The number of halogens is 1. The highest BCUT2D eigenvalue weighted by Gasteiger charge is 2.35. The molecule has 1 fully saturated rings. The van der Waals surface area contributed by atoms with E-state index in [1.54, 1.807) is 0 Å². The predicted octanol–water partition coefficient (Wildman–Crippen LogP) is 1.31. The molecule has 0 aromatic carbocycles. The van der Waals surface area contributed by atoms with Gasteiger partial charge in [-0.15, -0.1) is 3.89 Å². The summed E-state index contributed by atoms with van der Waals surface area (Å²) in [6, 6.07) is 0. The van der Waals surface area contributed by atoms with Crippen molar-refractivity contribution >= 4 is 32.8 Å². The van der Waals surface area contributed by atoms with E-state index in [9.17, 15) is 17.1 Å². The van der Waals surface area contributed by atoms with E-state index in [4.69, 9.17) is 0 Å². The molecular weight excluding hydrogens is 293 g/mol. The molecule has 0 bridgehead atoms. The maximum absolute atomic E-state index is 12.6. The predicted molar refractivity (Wildman–Crippen MR) is 69.4 cm³/mol. The van der Waals surface area contributed by atoms with Crippen molar-refractivity contribution in [3.63, 3.8) is 0 Å². The number of hydrogen-bond acceptors (Lipinski definition) is 6. The van der Waals surface area contributed by atoms with Crippen LogP contribution in [-0.4, -0.2) is 36.0 Å². The molecule has 1 saturated heterocycles. The summed E-state index contributed by atoms with van der Waals surface area (Å²) < 4.78 is 38.0. The minimum Gasteiger partial charge on any atom is -0.287 e. The van der Waals surface area contributed by atoms with Crippen LogP contribution in [-0.2, 0) is 15.0 Å². The van der Waals surface area contributed by atoms with Crippen LogP contribution in [0.5, 0.6) is 0 Å². The van der Waals surface area contributed by atoms with Crippen LogP contribution >= 0.6 is 11.5 Å². The quantitative estimate of drug-likeness (QED) is 0.784. The van der Waals surface area contributed by atoms with Gasteiger partial charge in [-0.05, 0) is 0 Å². The van der Waals surface area contributed by atoms with Crippen LogP contribution in [0.25, 0.3) is 0 Å². The maximum Gasteiger partial charge on any atom is 0.302 e. The molecule has 1 atom stereocenters. The van der Waals surface area contributed by atoms with Gasteiger partial charge in [0.05, 0.1) is 5.75 Å². The second kappa shape index (κ2) is 5.12. The van der Waals surface area contributed by atoms with E-state index in [-0.39, 0.29) is 24.8 Å². The summed E-state index contributed by atoms with van der Waals surface area (Å²) in [5.74, 6) is -0.571. The third-order valence-corrected chi connectivity index (χ3v) is 4.44. The third kappa shape index (κ3) is 3.47. The fourth-order valence-corrected chi connectivity index (χ4v) is 3.55. The van der Waals surface area contributed by atoms with Crippen LogP contribution in [0.15, 0.2) is 0 Å². The summed E-state index contributed by atoms with van der Waals surface area (Å²) in [5.41, 5.74) is 0. The van der Waals surface area contributed by atoms with Gasteiger partial charge >= 0.3 is 10.2 Å². The number of rotatable bonds is 4. The van der Waals surface area contributed by atoms with Gasteiger partial charge in [0.2, 0.25) is 11.0 Å². The first kappa shape index (κ1) is 14.3. The molecule has 1 aromatic rings. The molecule has 0 spiro atoms. The summed E-state index contributed by atoms with van der Waals surface area (Å²) in [5, 5.41) is 0.451. The number of anilines is 1. The van der Waals surface area contributed by atoms with Gasteiger partial charge in [-0.2, -0.15) is 12.8 Å². The van der Waals surface area contributed by atoms with E-state index >= 15 is 0 Å². The van der Waals surface area contributed by atoms with E-state index in [1.165, 1.54) is 4.90 Å². The minimum atomic E-state index is -4.56. The number of aromatic nitrogens is 2. The van der Waals surface area contributed by atoms with Crippen LogP contribution in [0.1, 0.15) is 32.0 Å². The van der Waals surface area contributed by atoms with Gasteiger partial charge in [0, 0.05) is 36.3 Å². The zero-order valence-corrected chi connectivity index (χ0v) is 12.2. The summed E-state index contributed by atoms with van der Waals surface area (Å²) in [6.45, 7) is 4.06. The normalized spacial score (nSPS) is 20.5. The molecule has 0 aliphatic carbocycles. The van der Waals surface area contributed by atoms with Crippen molar-refractivity contribution in [2.45, 2.75) is 26.2 Å². The van der Waals surface area contributed by atoms with Gasteiger partial charge in [-0.1, -0.05) is 13.8 Å². The van der Waals surface area contributed by atoms with Crippen molar-refractivity contribution in [2.24, 2.45) is 5.92 Å².